The van der Waals surface area contributed by atoms with E-state index >= 15 is 0 Å². The molecule has 0 bridgehead atoms. The molecule has 1 fully saturated rings. The van der Waals surface area contributed by atoms with Crippen molar-refractivity contribution in [3.63, 3.8) is 0 Å². The van der Waals surface area contributed by atoms with Gasteiger partial charge in [-0.25, -0.2) is 4.79 Å². The van der Waals surface area contributed by atoms with Crippen molar-refractivity contribution in [3.8, 4) is 0 Å². The molecular formula is C17H26N2O3. The van der Waals surface area contributed by atoms with Crippen LogP contribution in [-0.2, 0) is 4.79 Å². The van der Waals surface area contributed by atoms with E-state index in [1.807, 2.05) is 0 Å². The molecule has 1 heterocycles. The molecule has 0 unspecified atom stereocenters. The molecule has 2 rings (SSSR count). The molecule has 5 nitrogen and oxygen atoms in total. The molecule has 22 heavy (non-hydrogen) atoms. The van der Waals surface area contributed by atoms with E-state index in [1.165, 1.54) is 11.0 Å². The molecule has 1 aliphatic carbocycles. The minimum absolute atomic E-state index is 0.151. The van der Waals surface area contributed by atoms with Crippen molar-refractivity contribution in [2.24, 2.45) is 5.41 Å². The summed E-state index contributed by atoms with van der Waals surface area (Å²) in [6.45, 7) is 7.37. The van der Waals surface area contributed by atoms with Gasteiger partial charge in [0.2, 0.25) is 5.91 Å². The number of rotatable bonds is 2. The van der Waals surface area contributed by atoms with Gasteiger partial charge in [0.25, 0.3) is 0 Å². The maximum Gasteiger partial charge on any atom is 0.407 e. The fourth-order valence-corrected chi connectivity index (χ4v) is 3.03. The Hall–Kier alpha value is -1.78. The van der Waals surface area contributed by atoms with Gasteiger partial charge in [-0.05, 0) is 37.1 Å². The van der Waals surface area contributed by atoms with Crippen LogP contribution in [0.1, 0.15) is 42.7 Å². The molecule has 0 spiro atoms. The standard InChI is InChI=1S/C17H26N2O3/c1-13-5-4-8-17(2,3)14(13)6-7-15(20)18-9-11-19(12-10-18)16(21)22/h6-7H,4-5,8-12H2,1-3H3,(H,21,22)/i5D2. The van der Waals surface area contributed by atoms with Crippen molar-refractivity contribution in [2.75, 3.05) is 26.2 Å². The lowest BCUT2D eigenvalue weighted by atomic mass is 9.72. The van der Waals surface area contributed by atoms with Crippen molar-refractivity contribution in [1.82, 2.24) is 9.80 Å². The summed E-state index contributed by atoms with van der Waals surface area (Å²) >= 11 is 0. The van der Waals surface area contributed by atoms with Gasteiger partial charge in [-0.1, -0.05) is 25.5 Å². The van der Waals surface area contributed by atoms with Crippen LogP contribution in [0.5, 0.6) is 0 Å². The third-order valence-electron chi connectivity index (χ3n) is 4.53. The zero-order valence-electron chi connectivity index (χ0n) is 15.6. The average Bonchev–Trinajstić information content (AvgIpc) is 2.51. The van der Waals surface area contributed by atoms with Gasteiger partial charge in [0, 0.05) is 35.0 Å². The van der Waals surface area contributed by atoms with Crippen LogP contribution in [-0.4, -0.2) is 53.1 Å². The van der Waals surface area contributed by atoms with Gasteiger partial charge in [0.15, 0.2) is 0 Å². The lowest BCUT2D eigenvalue weighted by molar-refractivity contribution is -0.127. The maximum absolute atomic E-state index is 12.4. The van der Waals surface area contributed by atoms with E-state index in [0.29, 0.717) is 38.2 Å². The summed E-state index contributed by atoms with van der Waals surface area (Å²) in [6, 6.07) is 0. The highest BCUT2D eigenvalue weighted by Gasteiger charge is 2.27. The van der Waals surface area contributed by atoms with Crippen molar-refractivity contribution in [3.05, 3.63) is 23.3 Å². The first-order valence-electron chi connectivity index (χ1n) is 8.71. The first kappa shape index (κ1) is 13.9. The van der Waals surface area contributed by atoms with E-state index in [0.717, 1.165) is 12.0 Å². The van der Waals surface area contributed by atoms with Gasteiger partial charge in [-0.3, -0.25) is 4.79 Å². The predicted octanol–water partition coefficient (Wildman–Crippen LogP) is 2.89. The van der Waals surface area contributed by atoms with Crippen molar-refractivity contribution >= 4 is 12.0 Å². The first-order chi connectivity index (χ1) is 11.0. The number of nitrogens with zero attached hydrogens (tertiary/aromatic N) is 2. The molecule has 0 aromatic carbocycles. The Morgan fingerprint density at radius 3 is 2.41 bits per heavy atom. The highest BCUT2D eigenvalue weighted by molar-refractivity contribution is 5.88. The van der Waals surface area contributed by atoms with E-state index in [9.17, 15) is 9.59 Å². The monoisotopic (exact) mass is 308 g/mol. The summed E-state index contributed by atoms with van der Waals surface area (Å²) in [5.74, 6) is -0.151. The summed E-state index contributed by atoms with van der Waals surface area (Å²) in [4.78, 5) is 26.2. The van der Waals surface area contributed by atoms with Crippen LogP contribution in [0.3, 0.4) is 0 Å². The minimum atomic E-state index is -1.33. The molecule has 5 heteroatoms. The number of hydrogen-bond donors (Lipinski definition) is 1. The van der Waals surface area contributed by atoms with Gasteiger partial charge in [0.1, 0.15) is 0 Å². The Balaban J connectivity index is 2.09. The van der Waals surface area contributed by atoms with Crippen LogP contribution in [0.4, 0.5) is 4.79 Å². The summed E-state index contributed by atoms with van der Waals surface area (Å²) in [6.07, 6.45) is 2.20. The van der Waals surface area contributed by atoms with Crippen LogP contribution in [0.15, 0.2) is 23.3 Å². The molecule has 0 aromatic heterocycles. The van der Waals surface area contributed by atoms with Crippen molar-refractivity contribution in [1.29, 1.82) is 0 Å². The lowest BCUT2D eigenvalue weighted by Crippen LogP contribution is -2.49. The molecule has 0 atom stereocenters. The topological polar surface area (TPSA) is 60.9 Å². The van der Waals surface area contributed by atoms with E-state index in [4.69, 9.17) is 7.85 Å². The van der Waals surface area contributed by atoms with Crippen LogP contribution >= 0.6 is 0 Å². The molecule has 0 saturated carbocycles. The summed E-state index contributed by atoms with van der Waals surface area (Å²) in [7, 11) is 0. The van der Waals surface area contributed by atoms with E-state index < -0.39 is 12.5 Å². The summed E-state index contributed by atoms with van der Waals surface area (Å²) in [5, 5.41) is 8.94. The Bertz CT molecular complexity index is 589. The van der Waals surface area contributed by atoms with Crippen LogP contribution in [0, 0.1) is 5.41 Å². The number of hydrogen-bond acceptors (Lipinski definition) is 2. The molecule has 2 aliphatic rings. The second-order valence-corrected chi connectivity index (χ2v) is 6.53. The van der Waals surface area contributed by atoms with Gasteiger partial charge in [0.05, 0.1) is 0 Å². The highest BCUT2D eigenvalue weighted by Crippen LogP contribution is 2.40. The fourth-order valence-electron chi connectivity index (χ4n) is 3.03. The number of allylic oxidation sites excluding steroid dienone is 3. The lowest BCUT2D eigenvalue weighted by Gasteiger charge is -2.34. The van der Waals surface area contributed by atoms with Crippen molar-refractivity contribution in [2.45, 2.75) is 40.0 Å². The Morgan fingerprint density at radius 1 is 1.23 bits per heavy atom. The zero-order valence-corrected chi connectivity index (χ0v) is 13.6. The average molecular weight is 308 g/mol. The van der Waals surface area contributed by atoms with E-state index in [-0.39, 0.29) is 11.3 Å². The Labute approximate surface area is 135 Å². The second kappa shape index (κ2) is 6.55. The van der Waals surface area contributed by atoms with Crippen molar-refractivity contribution < 1.29 is 17.4 Å². The smallest absolute Gasteiger partial charge is 0.407 e. The number of amides is 2. The van der Waals surface area contributed by atoms with E-state index in [2.05, 4.69) is 13.8 Å². The first-order valence-corrected chi connectivity index (χ1v) is 7.71. The van der Waals surface area contributed by atoms with Crippen LogP contribution in [0.25, 0.3) is 0 Å². The molecule has 0 aromatic rings. The third kappa shape index (κ3) is 3.70. The van der Waals surface area contributed by atoms with Gasteiger partial charge < -0.3 is 14.9 Å². The highest BCUT2D eigenvalue weighted by atomic mass is 16.4. The number of carboxylic acid groups (broad SMARTS) is 1. The number of piperazine rings is 1. The molecular weight excluding hydrogens is 280 g/mol. The predicted molar refractivity (Wildman–Crippen MR) is 85.6 cm³/mol. The van der Waals surface area contributed by atoms with Gasteiger partial charge in [-0.2, -0.15) is 0 Å². The zero-order chi connectivity index (χ0) is 18.1. The van der Waals surface area contributed by atoms with Gasteiger partial charge in [-0.15, -0.1) is 0 Å². The third-order valence-corrected chi connectivity index (χ3v) is 4.53. The molecule has 2 amide bonds. The Morgan fingerprint density at radius 2 is 1.82 bits per heavy atom. The summed E-state index contributed by atoms with van der Waals surface area (Å²) < 4.78 is 16.2. The van der Waals surface area contributed by atoms with Gasteiger partial charge >= 0.3 is 6.09 Å². The summed E-state index contributed by atoms with van der Waals surface area (Å²) in [5.41, 5.74) is 1.42. The molecule has 1 saturated heterocycles. The fraction of sp³-hybridized carbons (Fsp3) is 0.647. The maximum atomic E-state index is 12.4. The minimum Gasteiger partial charge on any atom is -0.465 e. The second-order valence-electron chi connectivity index (χ2n) is 6.53. The normalized spacial score (nSPS) is 26.0. The number of carbonyl (C=O) groups excluding carboxylic acids is 1. The van der Waals surface area contributed by atoms with E-state index in [1.54, 1.807) is 17.9 Å². The van der Waals surface area contributed by atoms with Crippen LogP contribution < -0.4 is 0 Å². The quantitative estimate of drug-likeness (QED) is 0.798. The molecule has 1 aliphatic heterocycles. The number of carbonyl (C=O) groups is 2. The molecule has 122 valence electrons. The Kier molecular flexibility index (Phi) is 4.12. The largest absolute Gasteiger partial charge is 0.465 e. The molecule has 0 radical (unpaired) electrons. The van der Waals surface area contributed by atoms with Crippen LogP contribution in [0.2, 0.25) is 0 Å². The molecule has 1 N–H and O–H groups in total. The SMILES string of the molecule is [2H]C1([2H])CCC(C)(C)C(C=CC(=O)N2CCN(C(=O)O)CC2)=C1C.